The Bertz CT molecular complexity index is 662. The first-order chi connectivity index (χ1) is 11.2. The number of fused-ring (bicyclic) bond motifs is 1. The summed E-state index contributed by atoms with van der Waals surface area (Å²) in [5.74, 6) is 0.594. The summed E-state index contributed by atoms with van der Waals surface area (Å²) in [6, 6.07) is 6.57. The molecule has 1 aromatic heterocycles. The molecule has 122 valence electrons. The molecule has 0 saturated carbocycles. The smallest absolute Gasteiger partial charge is 0.315 e. The highest BCUT2D eigenvalue weighted by molar-refractivity contribution is 7.99. The van der Waals surface area contributed by atoms with E-state index in [1.807, 2.05) is 23.0 Å². The second-order valence-corrected chi connectivity index (χ2v) is 6.48. The highest BCUT2D eigenvalue weighted by Gasteiger charge is 2.24. The Kier molecular flexibility index (Phi) is 5.17. The van der Waals surface area contributed by atoms with Gasteiger partial charge in [-0.2, -0.15) is 5.10 Å². The van der Waals surface area contributed by atoms with Crippen LogP contribution in [0.25, 0.3) is 0 Å². The van der Waals surface area contributed by atoms with Crippen molar-refractivity contribution in [3.63, 3.8) is 0 Å². The lowest BCUT2D eigenvalue weighted by molar-refractivity contribution is 0.236. The van der Waals surface area contributed by atoms with E-state index in [9.17, 15) is 9.18 Å². The minimum atomic E-state index is -0.211. The molecule has 23 heavy (non-hydrogen) atoms. The van der Waals surface area contributed by atoms with Crippen LogP contribution in [0.3, 0.4) is 0 Å². The first-order valence-electron chi connectivity index (χ1n) is 7.67. The predicted molar refractivity (Wildman–Crippen MR) is 87.9 cm³/mol. The molecule has 2 heterocycles. The molecule has 2 N–H and O–H groups in total. The van der Waals surface area contributed by atoms with Crippen molar-refractivity contribution < 1.29 is 9.18 Å². The van der Waals surface area contributed by atoms with Crippen LogP contribution in [0.4, 0.5) is 9.18 Å². The summed E-state index contributed by atoms with van der Waals surface area (Å²) in [7, 11) is 0. The molecule has 1 atom stereocenters. The quantitative estimate of drug-likeness (QED) is 0.827. The van der Waals surface area contributed by atoms with Crippen molar-refractivity contribution >= 4 is 17.8 Å². The minimum absolute atomic E-state index is 0.131. The third-order valence-corrected chi connectivity index (χ3v) is 4.90. The summed E-state index contributed by atoms with van der Waals surface area (Å²) in [5, 5.41) is 9.90. The van der Waals surface area contributed by atoms with E-state index in [0.717, 1.165) is 30.7 Å². The third kappa shape index (κ3) is 4.04. The van der Waals surface area contributed by atoms with Crippen molar-refractivity contribution in [1.82, 2.24) is 20.4 Å². The van der Waals surface area contributed by atoms with Gasteiger partial charge in [-0.15, -0.1) is 11.8 Å². The fourth-order valence-corrected chi connectivity index (χ4v) is 3.76. The van der Waals surface area contributed by atoms with Gasteiger partial charge in [0.25, 0.3) is 0 Å². The third-order valence-electron chi connectivity index (χ3n) is 3.74. The Morgan fingerprint density at radius 2 is 2.35 bits per heavy atom. The lowest BCUT2D eigenvalue weighted by atomic mass is 10.0. The Morgan fingerprint density at radius 1 is 1.43 bits per heavy atom. The number of thioether (sulfide) groups is 1. The van der Waals surface area contributed by atoms with Gasteiger partial charge in [-0.1, -0.05) is 12.1 Å². The maximum atomic E-state index is 13.8. The number of carbonyl (C=O) groups excluding carboxylic acids is 1. The molecule has 2 aromatic rings. The van der Waals surface area contributed by atoms with E-state index in [1.165, 1.54) is 17.8 Å². The maximum Gasteiger partial charge on any atom is 0.315 e. The number of nitrogens with one attached hydrogen (secondary N) is 2. The number of hydrogen-bond acceptors (Lipinski definition) is 3. The van der Waals surface area contributed by atoms with E-state index in [0.29, 0.717) is 11.4 Å². The number of nitrogens with zero attached hydrogens (tertiary/aromatic N) is 2. The van der Waals surface area contributed by atoms with Crippen LogP contribution < -0.4 is 10.6 Å². The van der Waals surface area contributed by atoms with Crippen LogP contribution in [0.5, 0.6) is 0 Å². The van der Waals surface area contributed by atoms with E-state index in [2.05, 4.69) is 15.7 Å². The van der Waals surface area contributed by atoms with Gasteiger partial charge in [0.05, 0.1) is 6.04 Å². The Balaban J connectivity index is 1.48. The predicted octanol–water partition coefficient (Wildman–Crippen LogP) is 2.95. The number of carbonyl (C=O) groups is 1. The number of halogens is 1. The molecule has 7 heteroatoms. The molecule has 0 radical (unpaired) electrons. The van der Waals surface area contributed by atoms with Crippen LogP contribution in [0.1, 0.15) is 24.4 Å². The first kappa shape index (κ1) is 15.9. The van der Waals surface area contributed by atoms with E-state index >= 15 is 0 Å². The van der Waals surface area contributed by atoms with Crippen LogP contribution in [0.15, 0.2) is 41.6 Å². The Labute approximate surface area is 138 Å². The summed E-state index contributed by atoms with van der Waals surface area (Å²) < 4.78 is 15.6. The van der Waals surface area contributed by atoms with Crippen LogP contribution in [0.2, 0.25) is 0 Å². The van der Waals surface area contributed by atoms with E-state index in [1.54, 1.807) is 12.3 Å². The molecule has 0 aliphatic carbocycles. The molecule has 2 amide bonds. The number of hydrogen-bond donors (Lipinski definition) is 2. The number of aryl methyl sites for hydroxylation is 1. The fourth-order valence-electron chi connectivity index (χ4n) is 2.62. The molecule has 1 aliphatic rings. The molecular formula is C16H19FN4OS. The highest BCUT2D eigenvalue weighted by Crippen LogP contribution is 2.37. The van der Waals surface area contributed by atoms with Crippen molar-refractivity contribution in [2.24, 2.45) is 0 Å². The Morgan fingerprint density at radius 3 is 3.17 bits per heavy atom. The van der Waals surface area contributed by atoms with Gasteiger partial charge in [-0.3, -0.25) is 4.68 Å². The topological polar surface area (TPSA) is 59.0 Å². The van der Waals surface area contributed by atoms with Gasteiger partial charge in [0.1, 0.15) is 5.82 Å². The van der Waals surface area contributed by atoms with Crippen molar-refractivity contribution in [2.75, 3.05) is 12.3 Å². The fraction of sp³-hybridized carbons (Fsp3) is 0.375. The van der Waals surface area contributed by atoms with Gasteiger partial charge < -0.3 is 10.6 Å². The second-order valence-electron chi connectivity index (χ2n) is 5.37. The molecule has 1 aliphatic heterocycles. The standard InChI is InChI=1S/C16H19FN4OS/c17-13-5-1-4-12-14(6-11-23-15(12)13)20-16(22)18-7-2-9-21-10-3-8-19-21/h1,3-5,8,10,14H,2,6-7,9,11H2,(H2,18,20,22). The summed E-state index contributed by atoms with van der Waals surface area (Å²) in [6.45, 7) is 1.34. The Hall–Kier alpha value is -2.02. The molecule has 0 spiro atoms. The molecule has 5 nitrogen and oxygen atoms in total. The molecule has 1 unspecified atom stereocenters. The van der Waals surface area contributed by atoms with E-state index in [4.69, 9.17) is 0 Å². The van der Waals surface area contributed by atoms with Gasteiger partial charge in [0.2, 0.25) is 0 Å². The largest absolute Gasteiger partial charge is 0.338 e. The van der Waals surface area contributed by atoms with Crippen molar-refractivity contribution in [3.8, 4) is 0 Å². The zero-order valence-corrected chi connectivity index (χ0v) is 13.5. The number of rotatable bonds is 5. The van der Waals surface area contributed by atoms with Crippen molar-refractivity contribution in [2.45, 2.75) is 30.3 Å². The summed E-state index contributed by atoms with van der Waals surface area (Å²) >= 11 is 1.51. The van der Waals surface area contributed by atoms with Crippen molar-refractivity contribution in [3.05, 3.63) is 48.0 Å². The number of amides is 2. The van der Waals surface area contributed by atoms with Gasteiger partial charge >= 0.3 is 6.03 Å². The van der Waals surface area contributed by atoms with Crippen LogP contribution in [-0.2, 0) is 6.54 Å². The monoisotopic (exact) mass is 334 g/mol. The second kappa shape index (κ2) is 7.50. The molecule has 0 bridgehead atoms. The summed E-state index contributed by atoms with van der Waals surface area (Å²) in [4.78, 5) is 12.7. The van der Waals surface area contributed by atoms with E-state index in [-0.39, 0.29) is 17.9 Å². The van der Waals surface area contributed by atoms with Gasteiger partial charge in [-0.05, 0) is 30.5 Å². The molecule has 0 fully saturated rings. The summed E-state index contributed by atoms with van der Waals surface area (Å²) in [6.07, 6.45) is 5.24. The molecular weight excluding hydrogens is 315 g/mol. The van der Waals surface area contributed by atoms with Crippen molar-refractivity contribution in [1.29, 1.82) is 0 Å². The molecule has 1 aromatic carbocycles. The lowest BCUT2D eigenvalue weighted by Gasteiger charge is -2.26. The van der Waals surface area contributed by atoms with Gasteiger partial charge in [-0.25, -0.2) is 9.18 Å². The van der Waals surface area contributed by atoms with Gasteiger partial charge in [0, 0.05) is 36.1 Å². The average molecular weight is 334 g/mol. The lowest BCUT2D eigenvalue weighted by Crippen LogP contribution is -2.39. The number of urea groups is 1. The number of benzene rings is 1. The average Bonchev–Trinajstić information content (AvgIpc) is 3.06. The SMILES string of the molecule is O=C(NCCCn1cccn1)NC1CCSc2c(F)cccc21. The highest BCUT2D eigenvalue weighted by atomic mass is 32.2. The van der Waals surface area contributed by atoms with Crippen LogP contribution in [-0.4, -0.2) is 28.1 Å². The van der Waals surface area contributed by atoms with Crippen LogP contribution >= 0.6 is 11.8 Å². The van der Waals surface area contributed by atoms with E-state index < -0.39 is 0 Å². The molecule has 0 saturated heterocycles. The zero-order valence-electron chi connectivity index (χ0n) is 12.7. The maximum absolute atomic E-state index is 13.8. The number of aromatic nitrogens is 2. The van der Waals surface area contributed by atoms with Gasteiger partial charge in [0.15, 0.2) is 0 Å². The minimum Gasteiger partial charge on any atom is -0.338 e. The normalized spacial score (nSPS) is 16.7. The summed E-state index contributed by atoms with van der Waals surface area (Å²) in [5.41, 5.74) is 0.868. The molecule has 3 rings (SSSR count). The van der Waals surface area contributed by atoms with Crippen LogP contribution in [0, 0.1) is 5.82 Å². The first-order valence-corrected chi connectivity index (χ1v) is 8.65. The zero-order chi connectivity index (χ0) is 16.1.